The van der Waals surface area contributed by atoms with E-state index in [1.54, 1.807) is 0 Å². The van der Waals surface area contributed by atoms with Crippen LogP contribution < -0.4 is 0 Å². The second kappa shape index (κ2) is 22.6. The maximum absolute atomic E-state index is 5.18. The molecular weight excluding hydrogens is 1040 g/mol. The first-order chi connectivity index (χ1) is 34.7. The van der Waals surface area contributed by atoms with Crippen molar-refractivity contribution in [3.8, 4) is 67.2 Å². The second-order valence-corrected chi connectivity index (χ2v) is 18.7. The van der Waals surface area contributed by atoms with Crippen LogP contribution in [0.2, 0.25) is 0 Å². The van der Waals surface area contributed by atoms with Crippen molar-refractivity contribution in [2.75, 3.05) is 0 Å². The summed E-state index contributed by atoms with van der Waals surface area (Å²) in [5, 5.41) is 0. The normalized spacial score (nSPS) is 14.4. The van der Waals surface area contributed by atoms with Crippen LogP contribution in [0.1, 0.15) is 70.9 Å². The molecule has 0 saturated heterocycles. The van der Waals surface area contributed by atoms with Gasteiger partial charge in [0.05, 0.1) is 0 Å². The Bertz CT molecular complexity index is 3170. The zero-order valence-corrected chi connectivity index (χ0v) is 42.2. The van der Waals surface area contributed by atoms with Crippen LogP contribution in [-0.4, -0.2) is 15.0 Å². The monoisotopic (exact) mass is 1090 g/mol. The molecule has 11 rings (SSSR count). The van der Waals surface area contributed by atoms with Crippen LogP contribution in [0.25, 0.3) is 67.2 Å². The number of benzene rings is 7. The second-order valence-electron chi connectivity index (χ2n) is 18.7. The van der Waals surface area contributed by atoms with Crippen LogP contribution in [-0.2, 0) is 45.8 Å². The number of hydrogen-bond donors (Lipinski definition) is 0. The van der Waals surface area contributed by atoms with Gasteiger partial charge in [0, 0.05) is 24.2 Å². The molecule has 0 N–H and O–H groups in total. The van der Waals surface area contributed by atoms with Gasteiger partial charge in [-0.25, -0.2) is 0 Å². The largest absolute Gasteiger partial charge is 3.00 e. The Morgan fingerprint density at radius 1 is 0.352 bits per heavy atom. The fourth-order valence-electron chi connectivity index (χ4n) is 10.4. The molecule has 0 radical (unpaired) electrons. The summed E-state index contributed by atoms with van der Waals surface area (Å²) < 4.78 is 0. The minimum absolute atomic E-state index is 0. The standard InChI is InChI=1S/C67H54N3.Ir/c1-5-15-52(16-6-1)53-31-33-54(34-32-53)55-35-37-56(38-36-55)63-44-67(59-21-11-4-12-22-59)70-47-64(63)62-24-14-13-23-61(62)60-42-50(27-25-48-29-39-65(68-45-48)57-17-7-2-8-18-57)41-51(43-60)28-26-49-30-40-66(69-46-49)58-19-9-3-10-20-58;/h1-17,19,21,23-24,29-34,39-47,55-56H,25-28,35-38H2;/q-3;+3. The molecule has 1 aliphatic carbocycles. The van der Waals surface area contributed by atoms with Crippen LogP contribution in [0.3, 0.4) is 0 Å². The molecule has 1 saturated carbocycles. The maximum Gasteiger partial charge on any atom is 3.00 e. The number of hydrogen-bond acceptors (Lipinski definition) is 3. The van der Waals surface area contributed by atoms with Gasteiger partial charge >= 0.3 is 20.1 Å². The van der Waals surface area contributed by atoms with Crippen molar-refractivity contribution in [1.82, 2.24) is 15.0 Å². The third-order valence-electron chi connectivity index (χ3n) is 14.2. The summed E-state index contributed by atoms with van der Waals surface area (Å²) in [6.07, 6.45) is 14.4. The third-order valence-corrected chi connectivity index (χ3v) is 14.2. The van der Waals surface area contributed by atoms with E-state index < -0.39 is 0 Å². The van der Waals surface area contributed by atoms with E-state index in [0.717, 1.165) is 85.1 Å². The fourth-order valence-corrected chi connectivity index (χ4v) is 10.4. The van der Waals surface area contributed by atoms with Gasteiger partial charge in [-0.2, -0.15) is 0 Å². The molecular formula is C67H54IrN3. The smallest absolute Gasteiger partial charge is 0.304 e. The molecule has 3 nitrogen and oxygen atoms in total. The van der Waals surface area contributed by atoms with E-state index in [1.165, 1.54) is 66.8 Å². The molecule has 0 spiro atoms. The van der Waals surface area contributed by atoms with Gasteiger partial charge < -0.3 is 15.0 Å². The van der Waals surface area contributed by atoms with Gasteiger partial charge in [0.25, 0.3) is 0 Å². The maximum atomic E-state index is 5.18. The number of rotatable bonds is 14. The van der Waals surface area contributed by atoms with Gasteiger partial charge in [0.2, 0.25) is 0 Å². The van der Waals surface area contributed by atoms with Crippen molar-refractivity contribution < 1.29 is 20.1 Å². The van der Waals surface area contributed by atoms with E-state index in [2.05, 4.69) is 176 Å². The van der Waals surface area contributed by atoms with Crippen molar-refractivity contribution in [3.63, 3.8) is 0 Å². The Labute approximate surface area is 433 Å². The molecule has 4 heteroatoms. The molecule has 0 amide bonds. The first-order valence-electron chi connectivity index (χ1n) is 24.9. The molecule has 3 aromatic heterocycles. The van der Waals surface area contributed by atoms with Crippen molar-refractivity contribution in [2.24, 2.45) is 0 Å². The molecule has 1 fully saturated rings. The predicted molar refractivity (Wildman–Crippen MR) is 287 cm³/mol. The molecule has 3 heterocycles. The fraction of sp³-hybridized carbons (Fsp3) is 0.149. The molecule has 0 aliphatic heterocycles. The van der Waals surface area contributed by atoms with E-state index >= 15 is 0 Å². The van der Waals surface area contributed by atoms with Crippen molar-refractivity contribution >= 4 is 0 Å². The summed E-state index contributed by atoms with van der Waals surface area (Å²) in [4.78, 5) is 14.8. The van der Waals surface area contributed by atoms with E-state index in [-0.39, 0.29) is 20.1 Å². The molecule has 346 valence electrons. The van der Waals surface area contributed by atoms with Crippen LogP contribution in [0.4, 0.5) is 0 Å². The summed E-state index contributed by atoms with van der Waals surface area (Å²) >= 11 is 0. The molecule has 1 aliphatic rings. The Kier molecular flexibility index (Phi) is 15.1. The molecule has 0 atom stereocenters. The molecule has 0 unspecified atom stereocenters. The summed E-state index contributed by atoms with van der Waals surface area (Å²) in [6.45, 7) is 0. The predicted octanol–water partition coefficient (Wildman–Crippen LogP) is 16.3. The molecule has 71 heavy (non-hydrogen) atoms. The average Bonchev–Trinajstić information content (AvgIpc) is 3.45. The SMILES string of the molecule is [Ir+3].[c-]1ccccc1-c1ccc(CCc2cc(CCc3ccc(-c4[c-]cccc4)nc3)cc(-c3ccccc3-c3cnc(-c4[c-]cccc4)cc3C3CCC(c4ccc(-c5ccccc5)cc4)CC3)c2)cn1. The number of pyridine rings is 3. The Morgan fingerprint density at radius 2 is 0.831 bits per heavy atom. The first kappa shape index (κ1) is 47.3. The van der Waals surface area contributed by atoms with Crippen LogP contribution in [0, 0.1) is 18.2 Å². The summed E-state index contributed by atoms with van der Waals surface area (Å²) in [6, 6.07) is 81.7. The van der Waals surface area contributed by atoms with Crippen molar-refractivity contribution in [3.05, 3.63) is 270 Å². The minimum Gasteiger partial charge on any atom is -0.304 e. The quantitative estimate of drug-likeness (QED) is 0.102. The molecule has 7 aromatic carbocycles. The summed E-state index contributed by atoms with van der Waals surface area (Å²) in [7, 11) is 0. The van der Waals surface area contributed by atoms with Gasteiger partial charge in [0.15, 0.2) is 0 Å². The first-order valence-corrected chi connectivity index (χ1v) is 24.9. The zero-order valence-electron chi connectivity index (χ0n) is 39.8. The van der Waals surface area contributed by atoms with Gasteiger partial charge in [0.1, 0.15) is 0 Å². The van der Waals surface area contributed by atoms with Crippen LogP contribution >= 0.6 is 0 Å². The molecule has 0 bridgehead atoms. The summed E-state index contributed by atoms with van der Waals surface area (Å²) in [5.74, 6) is 0.962. The van der Waals surface area contributed by atoms with E-state index in [9.17, 15) is 0 Å². The Hall–Kier alpha value is -7.36. The van der Waals surface area contributed by atoms with Crippen molar-refractivity contribution in [1.29, 1.82) is 0 Å². The number of nitrogens with zero attached hydrogens (tertiary/aromatic N) is 3. The van der Waals surface area contributed by atoms with Gasteiger partial charge in [-0.15, -0.1) is 108 Å². The van der Waals surface area contributed by atoms with E-state index in [4.69, 9.17) is 15.0 Å². The Balaban J connectivity index is 0.00000582. The number of aromatic nitrogens is 3. The van der Waals surface area contributed by atoms with Crippen molar-refractivity contribution in [2.45, 2.75) is 63.2 Å². The minimum atomic E-state index is 0. The zero-order chi connectivity index (χ0) is 46.9. The van der Waals surface area contributed by atoms with Crippen LogP contribution in [0.5, 0.6) is 0 Å². The average molecular weight is 1090 g/mol. The topological polar surface area (TPSA) is 38.7 Å². The summed E-state index contributed by atoms with van der Waals surface area (Å²) in [5.41, 5.74) is 21.3. The van der Waals surface area contributed by atoms with Crippen LogP contribution in [0.15, 0.2) is 219 Å². The van der Waals surface area contributed by atoms with Gasteiger partial charge in [-0.1, -0.05) is 127 Å². The van der Waals surface area contributed by atoms with Gasteiger partial charge in [-0.05, 0) is 141 Å². The van der Waals surface area contributed by atoms with E-state index in [0.29, 0.717) is 11.8 Å². The van der Waals surface area contributed by atoms with E-state index in [1.807, 2.05) is 60.9 Å². The Morgan fingerprint density at radius 3 is 1.37 bits per heavy atom. The third kappa shape index (κ3) is 11.3. The number of aryl methyl sites for hydroxylation is 4. The van der Waals surface area contributed by atoms with Gasteiger partial charge in [-0.3, -0.25) is 0 Å². The molecule has 10 aromatic rings.